The summed E-state index contributed by atoms with van der Waals surface area (Å²) in [7, 11) is 1.34. The third kappa shape index (κ3) is 2.41. The Bertz CT molecular complexity index is 1260. The van der Waals surface area contributed by atoms with Crippen molar-refractivity contribution in [2.45, 2.75) is 18.7 Å². The lowest BCUT2D eigenvalue weighted by Gasteiger charge is -2.44. The molecule has 3 aromatic rings. The number of thiazole rings is 1. The maximum Gasteiger partial charge on any atom is 0.317 e. The zero-order valence-corrected chi connectivity index (χ0v) is 16.8. The van der Waals surface area contributed by atoms with Crippen LogP contribution in [0.5, 0.6) is 5.75 Å². The Kier molecular flexibility index (Phi) is 3.82. The SMILES string of the molecule is COC(=O)[C@@H]1[C@H]2c3ccccc3O[C@]1(C)N=c1s/c(=C/c3cccs3)c(=O)n12. The first-order valence-electron chi connectivity index (χ1n) is 8.74. The van der Waals surface area contributed by atoms with E-state index in [1.807, 2.05) is 47.9 Å². The molecule has 4 heterocycles. The molecule has 2 bridgehead atoms. The largest absolute Gasteiger partial charge is 0.469 e. The third-order valence-corrected chi connectivity index (χ3v) is 6.95. The van der Waals surface area contributed by atoms with Crippen LogP contribution in [0.25, 0.3) is 6.08 Å². The van der Waals surface area contributed by atoms with Crippen molar-refractivity contribution in [3.8, 4) is 5.75 Å². The summed E-state index contributed by atoms with van der Waals surface area (Å²) in [4.78, 5) is 32.2. The second kappa shape index (κ2) is 6.15. The fourth-order valence-electron chi connectivity index (χ4n) is 3.93. The number of methoxy groups -OCH3 is 1. The van der Waals surface area contributed by atoms with Gasteiger partial charge < -0.3 is 9.47 Å². The van der Waals surface area contributed by atoms with Crippen molar-refractivity contribution in [1.82, 2.24) is 4.57 Å². The van der Waals surface area contributed by atoms with Crippen molar-refractivity contribution in [3.63, 3.8) is 0 Å². The number of fused-ring (bicyclic) bond motifs is 6. The highest BCUT2D eigenvalue weighted by Gasteiger charge is 2.55. The zero-order valence-electron chi connectivity index (χ0n) is 15.1. The Morgan fingerprint density at radius 3 is 2.89 bits per heavy atom. The first kappa shape index (κ1) is 17.4. The number of carbonyl (C=O) groups excluding carboxylic acids is 1. The number of para-hydroxylation sites is 1. The average Bonchev–Trinajstić information content (AvgIpc) is 3.28. The van der Waals surface area contributed by atoms with Crippen LogP contribution in [0.1, 0.15) is 23.4 Å². The van der Waals surface area contributed by atoms with Gasteiger partial charge in [-0.3, -0.25) is 14.2 Å². The number of benzene rings is 1. The molecule has 0 radical (unpaired) electrons. The summed E-state index contributed by atoms with van der Waals surface area (Å²) in [6, 6.07) is 10.8. The van der Waals surface area contributed by atoms with Crippen molar-refractivity contribution < 1.29 is 14.3 Å². The van der Waals surface area contributed by atoms with Gasteiger partial charge in [-0.2, -0.15) is 0 Å². The van der Waals surface area contributed by atoms with Crippen LogP contribution >= 0.6 is 22.7 Å². The molecule has 0 N–H and O–H groups in total. The molecule has 8 heteroatoms. The molecule has 0 amide bonds. The quantitative estimate of drug-likeness (QED) is 0.603. The Labute approximate surface area is 168 Å². The Hall–Kier alpha value is -2.71. The maximum absolute atomic E-state index is 13.3. The highest BCUT2D eigenvalue weighted by atomic mass is 32.1. The van der Waals surface area contributed by atoms with Gasteiger partial charge in [-0.15, -0.1) is 11.3 Å². The summed E-state index contributed by atoms with van der Waals surface area (Å²) in [5.74, 6) is -0.563. The molecular formula is C20H16N2O4S2. The van der Waals surface area contributed by atoms with Crippen LogP contribution in [0.4, 0.5) is 0 Å². The molecule has 1 aromatic carbocycles. The highest BCUT2D eigenvalue weighted by molar-refractivity contribution is 7.11. The van der Waals surface area contributed by atoms with Gasteiger partial charge in [-0.05, 0) is 30.5 Å². The average molecular weight is 412 g/mol. The molecule has 0 aliphatic carbocycles. The molecule has 142 valence electrons. The van der Waals surface area contributed by atoms with Crippen LogP contribution in [0.15, 0.2) is 51.6 Å². The lowest BCUT2D eigenvalue weighted by molar-refractivity contribution is -0.158. The van der Waals surface area contributed by atoms with E-state index in [1.54, 1.807) is 22.8 Å². The zero-order chi connectivity index (χ0) is 19.5. The minimum absolute atomic E-state index is 0.158. The predicted molar refractivity (Wildman–Crippen MR) is 106 cm³/mol. The van der Waals surface area contributed by atoms with E-state index in [-0.39, 0.29) is 5.56 Å². The van der Waals surface area contributed by atoms with E-state index in [4.69, 9.17) is 14.5 Å². The normalized spacial score (nSPS) is 25.3. The molecular weight excluding hydrogens is 396 g/mol. The lowest BCUT2D eigenvalue weighted by Crippen LogP contribution is -2.58. The molecule has 0 fully saturated rings. The third-order valence-electron chi connectivity index (χ3n) is 5.15. The van der Waals surface area contributed by atoms with E-state index < -0.39 is 23.7 Å². The second-order valence-corrected chi connectivity index (χ2v) is 8.82. The van der Waals surface area contributed by atoms with Gasteiger partial charge in [-0.25, -0.2) is 4.99 Å². The van der Waals surface area contributed by atoms with Gasteiger partial charge in [0, 0.05) is 10.4 Å². The number of carbonyl (C=O) groups is 1. The van der Waals surface area contributed by atoms with Gasteiger partial charge >= 0.3 is 5.97 Å². The first-order chi connectivity index (χ1) is 13.5. The molecule has 6 nitrogen and oxygen atoms in total. The number of thiophene rings is 1. The number of rotatable bonds is 2. The molecule has 0 saturated carbocycles. The smallest absolute Gasteiger partial charge is 0.317 e. The summed E-state index contributed by atoms with van der Waals surface area (Å²) in [6.45, 7) is 1.77. The van der Waals surface area contributed by atoms with E-state index in [0.717, 1.165) is 10.4 Å². The maximum atomic E-state index is 13.3. The monoisotopic (exact) mass is 412 g/mol. The fourth-order valence-corrected chi connectivity index (χ4v) is 5.76. The fraction of sp³-hybridized carbons (Fsp3) is 0.250. The summed E-state index contributed by atoms with van der Waals surface area (Å²) in [5.41, 5.74) is -0.507. The van der Waals surface area contributed by atoms with Crippen LogP contribution in [-0.4, -0.2) is 23.4 Å². The van der Waals surface area contributed by atoms with Crippen molar-refractivity contribution >= 4 is 34.7 Å². The van der Waals surface area contributed by atoms with Gasteiger partial charge in [0.05, 0.1) is 17.7 Å². The molecule has 0 unspecified atom stereocenters. The van der Waals surface area contributed by atoms with E-state index >= 15 is 0 Å². The molecule has 5 rings (SSSR count). The summed E-state index contributed by atoms with van der Waals surface area (Å²) < 4.78 is 13.4. The standard InChI is InChI=1S/C20H16N2O4S2/c1-20-15(18(24)25-2)16(12-7-3-4-8-13(12)26-20)22-17(23)14(28-19(22)21-20)10-11-6-5-9-27-11/h3-10,15-16H,1-2H3/b14-10+/t15-,16+,20-/m0/s1. The van der Waals surface area contributed by atoms with Crippen LogP contribution in [0, 0.1) is 5.92 Å². The molecule has 0 saturated heterocycles. The minimum atomic E-state index is -1.14. The van der Waals surface area contributed by atoms with E-state index in [9.17, 15) is 9.59 Å². The molecule has 3 atom stereocenters. The van der Waals surface area contributed by atoms with Crippen LogP contribution in [-0.2, 0) is 9.53 Å². The van der Waals surface area contributed by atoms with Crippen molar-refractivity contribution in [2.75, 3.05) is 7.11 Å². The highest BCUT2D eigenvalue weighted by Crippen LogP contribution is 2.47. The summed E-state index contributed by atoms with van der Waals surface area (Å²) >= 11 is 2.88. The molecule has 2 aromatic heterocycles. The molecule has 2 aliphatic heterocycles. The number of hydrogen-bond donors (Lipinski definition) is 0. The van der Waals surface area contributed by atoms with E-state index in [0.29, 0.717) is 15.1 Å². The van der Waals surface area contributed by atoms with Gasteiger partial charge in [0.1, 0.15) is 11.7 Å². The van der Waals surface area contributed by atoms with Crippen molar-refractivity contribution in [3.05, 3.63) is 71.9 Å². The van der Waals surface area contributed by atoms with Crippen LogP contribution < -0.4 is 19.6 Å². The number of hydrogen-bond acceptors (Lipinski definition) is 7. The van der Waals surface area contributed by atoms with E-state index in [1.165, 1.54) is 18.4 Å². The molecule has 2 aliphatic rings. The van der Waals surface area contributed by atoms with Crippen molar-refractivity contribution in [2.24, 2.45) is 10.9 Å². The second-order valence-electron chi connectivity index (χ2n) is 6.84. The number of aromatic nitrogens is 1. The van der Waals surface area contributed by atoms with Crippen LogP contribution in [0.2, 0.25) is 0 Å². The van der Waals surface area contributed by atoms with Gasteiger partial charge in [0.25, 0.3) is 5.56 Å². The molecule has 0 spiro atoms. The number of ether oxygens (including phenoxy) is 2. The van der Waals surface area contributed by atoms with Gasteiger partial charge in [-0.1, -0.05) is 35.6 Å². The van der Waals surface area contributed by atoms with Crippen LogP contribution in [0.3, 0.4) is 0 Å². The van der Waals surface area contributed by atoms with E-state index in [2.05, 4.69) is 0 Å². The Balaban J connectivity index is 1.83. The molecule has 28 heavy (non-hydrogen) atoms. The van der Waals surface area contributed by atoms with Crippen molar-refractivity contribution in [1.29, 1.82) is 0 Å². The van der Waals surface area contributed by atoms with Gasteiger partial charge in [0.2, 0.25) is 5.72 Å². The lowest BCUT2D eigenvalue weighted by atomic mass is 9.81. The summed E-state index contributed by atoms with van der Waals surface area (Å²) in [5, 5.41) is 1.97. The predicted octanol–water partition coefficient (Wildman–Crippen LogP) is 1.92. The first-order valence-corrected chi connectivity index (χ1v) is 10.4. The topological polar surface area (TPSA) is 69.9 Å². The van der Waals surface area contributed by atoms with Gasteiger partial charge in [0.15, 0.2) is 4.80 Å². The number of nitrogens with zero attached hydrogens (tertiary/aromatic N) is 2. The Morgan fingerprint density at radius 2 is 2.14 bits per heavy atom. The number of esters is 1. The summed E-state index contributed by atoms with van der Waals surface area (Å²) in [6.07, 6.45) is 1.87. The minimum Gasteiger partial charge on any atom is -0.469 e. The Morgan fingerprint density at radius 1 is 1.32 bits per heavy atom.